The number of carboxylic acid groups (broad SMARTS) is 1. The number of nitrogens with one attached hydrogen (secondary N) is 2. The summed E-state index contributed by atoms with van der Waals surface area (Å²) < 4.78 is 5.54. The maximum Gasteiger partial charge on any atom is 0.407 e. The maximum atomic E-state index is 12.4. The van der Waals surface area contributed by atoms with Crippen LogP contribution in [0.25, 0.3) is 11.1 Å². The number of benzene rings is 2. The van der Waals surface area contributed by atoms with Crippen molar-refractivity contribution >= 4 is 18.0 Å². The van der Waals surface area contributed by atoms with Crippen molar-refractivity contribution in [2.75, 3.05) is 13.2 Å². The molecule has 1 saturated carbocycles. The molecule has 7 heteroatoms. The van der Waals surface area contributed by atoms with Gasteiger partial charge in [-0.1, -0.05) is 61.4 Å². The van der Waals surface area contributed by atoms with E-state index in [2.05, 4.69) is 34.9 Å². The molecule has 2 amide bonds. The highest BCUT2D eigenvalue weighted by atomic mass is 16.5. The van der Waals surface area contributed by atoms with Crippen LogP contribution >= 0.6 is 0 Å². The van der Waals surface area contributed by atoms with E-state index in [1.807, 2.05) is 24.3 Å². The minimum Gasteiger partial charge on any atom is -0.481 e. The fourth-order valence-electron chi connectivity index (χ4n) is 5.26. The van der Waals surface area contributed by atoms with Gasteiger partial charge in [0.2, 0.25) is 5.91 Å². The Balaban J connectivity index is 1.24. The van der Waals surface area contributed by atoms with E-state index in [0.29, 0.717) is 13.0 Å². The quantitative estimate of drug-likeness (QED) is 0.540. The van der Waals surface area contributed by atoms with Crippen LogP contribution in [0.15, 0.2) is 48.5 Å². The SMILES string of the molecule is CC(CC(=O)NC[C@H]1CCCC[C@H]1C(=O)O)NC(=O)OCC1c2ccccc2-c2ccccc21. The smallest absolute Gasteiger partial charge is 0.407 e. The summed E-state index contributed by atoms with van der Waals surface area (Å²) in [5, 5.41) is 15.0. The van der Waals surface area contributed by atoms with E-state index in [1.165, 1.54) is 11.1 Å². The minimum absolute atomic E-state index is 0.0190. The highest BCUT2D eigenvalue weighted by molar-refractivity contribution is 5.79. The van der Waals surface area contributed by atoms with Crippen molar-refractivity contribution < 1.29 is 24.2 Å². The largest absolute Gasteiger partial charge is 0.481 e. The van der Waals surface area contributed by atoms with Crippen LogP contribution in [0.2, 0.25) is 0 Å². The molecule has 0 heterocycles. The van der Waals surface area contributed by atoms with Gasteiger partial charge >= 0.3 is 12.1 Å². The first-order valence-electron chi connectivity index (χ1n) is 12.0. The Morgan fingerprint density at radius 3 is 2.26 bits per heavy atom. The molecule has 3 atom stereocenters. The molecular weight excluding hydrogens is 432 g/mol. The van der Waals surface area contributed by atoms with Gasteiger partial charge in [0.15, 0.2) is 0 Å². The third kappa shape index (κ3) is 5.41. The predicted molar refractivity (Wildman–Crippen MR) is 128 cm³/mol. The maximum absolute atomic E-state index is 12.4. The van der Waals surface area contributed by atoms with E-state index in [4.69, 9.17) is 4.74 Å². The highest BCUT2D eigenvalue weighted by Crippen LogP contribution is 2.44. The number of amides is 2. The molecule has 3 N–H and O–H groups in total. The standard InChI is InChI=1S/C27H32N2O5/c1-17(14-25(30)28-15-18-8-2-3-9-19(18)26(31)32)29-27(33)34-16-24-22-12-6-4-10-20(22)21-11-5-7-13-23(21)24/h4-7,10-13,17-19,24H,2-3,8-9,14-16H2,1H3,(H,28,30)(H,29,33)(H,31,32)/t17?,18-,19-/m1/s1. The second-order valence-electron chi connectivity index (χ2n) is 9.37. The number of alkyl carbamates (subject to hydrolysis) is 1. The predicted octanol–water partition coefficient (Wildman–Crippen LogP) is 4.31. The zero-order valence-electron chi connectivity index (χ0n) is 19.5. The summed E-state index contributed by atoms with van der Waals surface area (Å²) in [5.74, 6) is -1.45. The second kappa shape index (κ2) is 10.7. The Labute approximate surface area is 199 Å². The molecule has 2 aliphatic carbocycles. The molecule has 7 nitrogen and oxygen atoms in total. The average Bonchev–Trinajstić information content (AvgIpc) is 3.15. The monoisotopic (exact) mass is 464 g/mol. The molecule has 1 unspecified atom stereocenters. The Morgan fingerprint density at radius 2 is 1.62 bits per heavy atom. The first-order valence-corrected chi connectivity index (χ1v) is 12.0. The summed E-state index contributed by atoms with van der Waals surface area (Å²) in [6.45, 7) is 2.33. The van der Waals surface area contributed by atoms with E-state index in [-0.39, 0.29) is 30.8 Å². The fourth-order valence-corrected chi connectivity index (χ4v) is 5.26. The van der Waals surface area contributed by atoms with Crippen molar-refractivity contribution in [2.45, 2.75) is 51.0 Å². The summed E-state index contributed by atoms with van der Waals surface area (Å²) in [4.78, 5) is 36.2. The fraction of sp³-hybridized carbons (Fsp3) is 0.444. The summed E-state index contributed by atoms with van der Waals surface area (Å²) in [6.07, 6.45) is 2.93. The van der Waals surface area contributed by atoms with Gasteiger partial charge in [-0.15, -0.1) is 0 Å². The molecule has 2 aliphatic rings. The molecule has 0 spiro atoms. The molecule has 4 rings (SSSR count). The van der Waals surface area contributed by atoms with E-state index < -0.39 is 24.0 Å². The Bertz CT molecular complexity index is 1010. The number of hydrogen-bond donors (Lipinski definition) is 3. The van der Waals surface area contributed by atoms with Crippen LogP contribution in [0.3, 0.4) is 0 Å². The lowest BCUT2D eigenvalue weighted by Crippen LogP contribution is -2.41. The van der Waals surface area contributed by atoms with Crippen molar-refractivity contribution in [2.24, 2.45) is 11.8 Å². The third-order valence-corrected chi connectivity index (χ3v) is 6.99. The normalized spacial score (nSPS) is 20.0. The molecule has 0 bridgehead atoms. The average molecular weight is 465 g/mol. The Kier molecular flexibility index (Phi) is 7.50. The molecule has 0 aromatic heterocycles. The highest BCUT2D eigenvalue weighted by Gasteiger charge is 2.31. The van der Waals surface area contributed by atoms with Gasteiger partial charge in [0.1, 0.15) is 6.61 Å². The lowest BCUT2D eigenvalue weighted by Gasteiger charge is -2.28. The number of carbonyl (C=O) groups excluding carboxylic acids is 2. The first-order chi connectivity index (χ1) is 16.4. The van der Waals surface area contributed by atoms with E-state index in [9.17, 15) is 19.5 Å². The molecule has 34 heavy (non-hydrogen) atoms. The summed E-state index contributed by atoms with van der Waals surface area (Å²) in [5.41, 5.74) is 4.62. The molecule has 1 fully saturated rings. The summed E-state index contributed by atoms with van der Waals surface area (Å²) in [7, 11) is 0. The van der Waals surface area contributed by atoms with Gasteiger partial charge in [-0.2, -0.15) is 0 Å². The molecule has 180 valence electrons. The Hall–Kier alpha value is -3.35. The number of ether oxygens (including phenoxy) is 1. The van der Waals surface area contributed by atoms with Crippen LogP contribution in [-0.4, -0.2) is 42.3 Å². The number of rotatable bonds is 8. The van der Waals surface area contributed by atoms with Crippen LogP contribution in [0.1, 0.15) is 56.1 Å². The third-order valence-electron chi connectivity index (χ3n) is 6.99. The van der Waals surface area contributed by atoms with E-state index in [1.54, 1.807) is 6.92 Å². The number of fused-ring (bicyclic) bond motifs is 3. The van der Waals surface area contributed by atoms with Gasteiger partial charge in [0, 0.05) is 24.9 Å². The zero-order chi connectivity index (χ0) is 24.1. The number of carbonyl (C=O) groups is 3. The topological polar surface area (TPSA) is 105 Å². The van der Waals surface area contributed by atoms with Crippen LogP contribution < -0.4 is 10.6 Å². The summed E-state index contributed by atoms with van der Waals surface area (Å²) >= 11 is 0. The number of carboxylic acids is 1. The molecule has 0 saturated heterocycles. The summed E-state index contributed by atoms with van der Waals surface area (Å²) in [6, 6.07) is 15.9. The molecule has 2 aromatic rings. The van der Waals surface area contributed by atoms with E-state index in [0.717, 1.165) is 30.4 Å². The van der Waals surface area contributed by atoms with Crippen LogP contribution in [-0.2, 0) is 14.3 Å². The van der Waals surface area contributed by atoms with Crippen molar-refractivity contribution in [1.82, 2.24) is 10.6 Å². The minimum atomic E-state index is -0.788. The van der Waals surface area contributed by atoms with Crippen LogP contribution in [0, 0.1) is 11.8 Å². The van der Waals surface area contributed by atoms with Gasteiger partial charge in [0.05, 0.1) is 5.92 Å². The number of aliphatic carboxylic acids is 1. The van der Waals surface area contributed by atoms with Crippen LogP contribution in [0.5, 0.6) is 0 Å². The zero-order valence-corrected chi connectivity index (χ0v) is 19.5. The molecular formula is C27H32N2O5. The molecule has 2 aromatic carbocycles. The second-order valence-corrected chi connectivity index (χ2v) is 9.37. The van der Waals surface area contributed by atoms with Gasteiger partial charge < -0.3 is 20.5 Å². The van der Waals surface area contributed by atoms with Crippen molar-refractivity contribution in [3.63, 3.8) is 0 Å². The lowest BCUT2D eigenvalue weighted by atomic mass is 9.79. The van der Waals surface area contributed by atoms with Gasteiger partial charge in [0.25, 0.3) is 0 Å². The van der Waals surface area contributed by atoms with E-state index >= 15 is 0 Å². The van der Waals surface area contributed by atoms with Crippen molar-refractivity contribution in [3.8, 4) is 11.1 Å². The Morgan fingerprint density at radius 1 is 1.00 bits per heavy atom. The van der Waals surface area contributed by atoms with Crippen LogP contribution in [0.4, 0.5) is 4.79 Å². The lowest BCUT2D eigenvalue weighted by molar-refractivity contribution is -0.145. The van der Waals surface area contributed by atoms with Gasteiger partial charge in [-0.25, -0.2) is 4.79 Å². The van der Waals surface area contributed by atoms with Crippen molar-refractivity contribution in [1.29, 1.82) is 0 Å². The van der Waals surface area contributed by atoms with Gasteiger partial charge in [-0.05, 0) is 47.9 Å². The van der Waals surface area contributed by atoms with Crippen molar-refractivity contribution in [3.05, 3.63) is 59.7 Å². The van der Waals surface area contributed by atoms with Gasteiger partial charge in [-0.3, -0.25) is 9.59 Å². The molecule has 0 aliphatic heterocycles. The number of hydrogen-bond acceptors (Lipinski definition) is 4. The molecule has 0 radical (unpaired) electrons. The first kappa shape index (κ1) is 23.8.